The van der Waals surface area contributed by atoms with Gasteiger partial charge in [0, 0.05) is 26.8 Å². The molecule has 1 heterocycles. The summed E-state index contributed by atoms with van der Waals surface area (Å²) in [4.78, 5) is 3.66. The molecule has 138 valence electrons. The Bertz CT molecular complexity index is 1030. The highest BCUT2D eigenvalue weighted by atomic mass is 35.5. The summed E-state index contributed by atoms with van der Waals surface area (Å²) in [6, 6.07) is 9.09. The number of hydrogen-bond acceptors (Lipinski definition) is 0. The van der Waals surface area contributed by atoms with Gasteiger partial charge in [-0.2, -0.15) is 0 Å². The fourth-order valence-corrected chi connectivity index (χ4v) is 4.87. The maximum Gasteiger partial charge on any atom is 0.0482 e. The van der Waals surface area contributed by atoms with Crippen LogP contribution in [0.25, 0.3) is 21.8 Å². The molecule has 0 atom stereocenters. The Kier molecular flexibility index (Phi) is 3.64. The number of aromatic nitrogens is 1. The first kappa shape index (κ1) is 17.9. The van der Waals surface area contributed by atoms with Crippen LogP contribution in [0.5, 0.6) is 0 Å². The molecule has 1 aliphatic carbocycles. The number of H-pyrrole nitrogens is 1. The Balaban J connectivity index is 2.15. The zero-order chi connectivity index (χ0) is 19.1. The van der Waals surface area contributed by atoms with Crippen molar-refractivity contribution in [1.29, 1.82) is 0 Å². The third-order valence-corrected chi connectivity index (χ3v) is 6.66. The molecule has 0 unspecified atom stereocenters. The molecule has 1 nitrogen and oxygen atoms in total. The van der Waals surface area contributed by atoms with Crippen molar-refractivity contribution in [1.82, 2.24) is 4.98 Å². The largest absolute Gasteiger partial charge is 0.354 e. The first-order valence-corrected chi connectivity index (χ1v) is 10.1. The summed E-state index contributed by atoms with van der Waals surface area (Å²) < 4.78 is 0. The summed E-state index contributed by atoms with van der Waals surface area (Å²) in [6.07, 6.45) is 2.47. The Morgan fingerprint density at radius 3 is 2.00 bits per heavy atom. The number of halogens is 1. The number of fused-ring (bicyclic) bond motifs is 4. The second-order valence-corrected chi connectivity index (χ2v) is 10.9. The standard InChI is InChI=1S/C24H30ClN/c1-22(2,3)18-10-14(25)11-20-21(18)15-12-16-17(13-19(15)26-20)24(6,7)9-8-23(16,4)5/h10-13,26H,8-9H2,1-7H3. The zero-order valence-electron chi connectivity index (χ0n) is 17.1. The first-order valence-electron chi connectivity index (χ1n) is 9.71. The second kappa shape index (κ2) is 5.29. The van der Waals surface area contributed by atoms with E-state index in [9.17, 15) is 0 Å². The lowest BCUT2D eigenvalue weighted by atomic mass is 9.63. The van der Waals surface area contributed by atoms with Crippen molar-refractivity contribution in [3.05, 3.63) is 46.0 Å². The van der Waals surface area contributed by atoms with Gasteiger partial charge in [-0.3, -0.25) is 0 Å². The number of benzene rings is 2. The molecule has 0 saturated heterocycles. The monoisotopic (exact) mass is 367 g/mol. The molecule has 2 aromatic carbocycles. The topological polar surface area (TPSA) is 15.8 Å². The zero-order valence-corrected chi connectivity index (χ0v) is 17.9. The highest BCUT2D eigenvalue weighted by molar-refractivity contribution is 6.32. The van der Waals surface area contributed by atoms with Crippen LogP contribution in [0.3, 0.4) is 0 Å². The van der Waals surface area contributed by atoms with Crippen LogP contribution in [-0.2, 0) is 16.2 Å². The van der Waals surface area contributed by atoms with Crippen molar-refractivity contribution in [2.24, 2.45) is 0 Å². The number of hydrogen-bond donors (Lipinski definition) is 1. The summed E-state index contributed by atoms with van der Waals surface area (Å²) in [5.41, 5.74) is 7.20. The molecule has 4 rings (SSSR count). The average Bonchev–Trinajstić information content (AvgIpc) is 2.86. The van der Waals surface area contributed by atoms with Crippen molar-refractivity contribution < 1.29 is 0 Å². The van der Waals surface area contributed by atoms with Crippen LogP contribution >= 0.6 is 11.6 Å². The fraction of sp³-hybridized carbons (Fsp3) is 0.500. The summed E-state index contributed by atoms with van der Waals surface area (Å²) in [5, 5.41) is 3.48. The normalized spacial score (nSPS) is 19.1. The van der Waals surface area contributed by atoms with Crippen molar-refractivity contribution in [3.63, 3.8) is 0 Å². The molecule has 0 fully saturated rings. The van der Waals surface area contributed by atoms with Gasteiger partial charge in [0.2, 0.25) is 0 Å². The molecule has 1 aromatic heterocycles. The van der Waals surface area contributed by atoms with Crippen molar-refractivity contribution in [3.8, 4) is 0 Å². The Labute approximate surface area is 162 Å². The van der Waals surface area contributed by atoms with Gasteiger partial charge in [0.25, 0.3) is 0 Å². The molecule has 0 radical (unpaired) electrons. The van der Waals surface area contributed by atoms with Crippen LogP contribution < -0.4 is 0 Å². The van der Waals surface area contributed by atoms with Gasteiger partial charge in [0.1, 0.15) is 0 Å². The van der Waals surface area contributed by atoms with Gasteiger partial charge >= 0.3 is 0 Å². The van der Waals surface area contributed by atoms with Gasteiger partial charge in [-0.1, -0.05) is 60.1 Å². The lowest BCUT2D eigenvalue weighted by Crippen LogP contribution is -2.33. The SMILES string of the molecule is CC(C)(C)c1cc(Cl)cc2[nH]c3cc4c(cc3c12)C(C)(C)CCC4(C)C. The molecule has 0 spiro atoms. The van der Waals surface area contributed by atoms with Gasteiger partial charge in [0.05, 0.1) is 0 Å². The van der Waals surface area contributed by atoms with E-state index in [1.54, 1.807) is 0 Å². The predicted molar refractivity (Wildman–Crippen MR) is 115 cm³/mol. The van der Waals surface area contributed by atoms with Gasteiger partial charge in [0.15, 0.2) is 0 Å². The first-order chi connectivity index (χ1) is 11.9. The lowest BCUT2D eigenvalue weighted by Gasteiger charge is -2.41. The summed E-state index contributed by atoms with van der Waals surface area (Å²) in [6.45, 7) is 16.3. The molecule has 2 heteroatoms. The van der Waals surface area contributed by atoms with E-state index in [0.29, 0.717) is 0 Å². The molecule has 1 aliphatic rings. The van der Waals surface area contributed by atoms with E-state index in [0.717, 1.165) is 10.5 Å². The van der Waals surface area contributed by atoms with Crippen LogP contribution in [0.4, 0.5) is 0 Å². The smallest absolute Gasteiger partial charge is 0.0482 e. The minimum Gasteiger partial charge on any atom is -0.354 e. The Morgan fingerprint density at radius 1 is 0.846 bits per heavy atom. The summed E-state index contributed by atoms with van der Waals surface area (Å²) in [5.74, 6) is 0. The van der Waals surface area contributed by atoms with Crippen LogP contribution in [0.2, 0.25) is 5.02 Å². The van der Waals surface area contributed by atoms with Gasteiger partial charge in [-0.15, -0.1) is 0 Å². The molecular formula is C24H30ClN. The minimum absolute atomic E-state index is 0.0446. The van der Waals surface area contributed by atoms with Crippen molar-refractivity contribution in [2.75, 3.05) is 0 Å². The molecule has 0 saturated carbocycles. The Morgan fingerprint density at radius 2 is 1.42 bits per heavy atom. The van der Waals surface area contributed by atoms with Crippen LogP contribution in [-0.4, -0.2) is 4.98 Å². The molecule has 0 amide bonds. The van der Waals surface area contributed by atoms with Gasteiger partial charge in [-0.25, -0.2) is 0 Å². The van der Waals surface area contributed by atoms with Gasteiger partial charge in [-0.05, 0) is 70.0 Å². The van der Waals surface area contributed by atoms with E-state index < -0.39 is 0 Å². The van der Waals surface area contributed by atoms with E-state index in [-0.39, 0.29) is 16.2 Å². The average molecular weight is 368 g/mol. The van der Waals surface area contributed by atoms with Crippen molar-refractivity contribution >= 4 is 33.4 Å². The van der Waals surface area contributed by atoms with Gasteiger partial charge < -0.3 is 4.98 Å². The van der Waals surface area contributed by atoms with E-state index in [4.69, 9.17) is 11.6 Å². The van der Waals surface area contributed by atoms with E-state index >= 15 is 0 Å². The predicted octanol–water partition coefficient (Wildman–Crippen LogP) is 7.62. The van der Waals surface area contributed by atoms with E-state index in [1.165, 1.54) is 45.8 Å². The molecule has 0 bridgehead atoms. The summed E-state index contributed by atoms with van der Waals surface area (Å²) >= 11 is 6.46. The quantitative estimate of drug-likeness (QED) is 0.420. The number of aromatic amines is 1. The molecule has 1 N–H and O–H groups in total. The second-order valence-electron chi connectivity index (χ2n) is 10.5. The van der Waals surface area contributed by atoms with Crippen LogP contribution in [0, 0.1) is 0 Å². The van der Waals surface area contributed by atoms with Crippen molar-refractivity contribution in [2.45, 2.75) is 77.6 Å². The van der Waals surface area contributed by atoms with Crippen LogP contribution in [0.15, 0.2) is 24.3 Å². The highest BCUT2D eigenvalue weighted by Gasteiger charge is 2.37. The molecule has 26 heavy (non-hydrogen) atoms. The minimum atomic E-state index is 0.0446. The third kappa shape index (κ3) is 2.59. The maximum atomic E-state index is 6.46. The summed E-state index contributed by atoms with van der Waals surface area (Å²) in [7, 11) is 0. The molecular weight excluding hydrogens is 338 g/mol. The molecule has 0 aliphatic heterocycles. The van der Waals surface area contributed by atoms with Crippen LogP contribution in [0.1, 0.15) is 78.0 Å². The van der Waals surface area contributed by atoms with E-state index in [2.05, 4.69) is 77.7 Å². The fourth-order valence-electron chi connectivity index (χ4n) is 4.66. The number of rotatable bonds is 0. The highest BCUT2D eigenvalue weighted by Crippen LogP contribution is 2.48. The number of nitrogens with one attached hydrogen (secondary N) is 1. The Hall–Kier alpha value is -1.47. The third-order valence-electron chi connectivity index (χ3n) is 6.44. The molecule has 3 aromatic rings. The lowest BCUT2D eigenvalue weighted by molar-refractivity contribution is 0.332. The maximum absolute atomic E-state index is 6.46. The van der Waals surface area contributed by atoms with E-state index in [1.807, 2.05) is 0 Å².